The van der Waals surface area contributed by atoms with Gasteiger partial charge in [-0.1, -0.05) is 11.6 Å². The fourth-order valence-corrected chi connectivity index (χ4v) is 2.89. The minimum Gasteiger partial charge on any atom is -0.383 e. The van der Waals surface area contributed by atoms with Gasteiger partial charge < -0.3 is 11.1 Å². The number of nitrogens with zero attached hydrogens (tertiary/aromatic N) is 4. The van der Waals surface area contributed by atoms with Gasteiger partial charge in [-0.25, -0.2) is 13.8 Å². The van der Waals surface area contributed by atoms with Gasteiger partial charge in [0.05, 0.1) is 11.0 Å². The quantitative estimate of drug-likeness (QED) is 0.546. The normalized spacial score (nSPS) is 11.1. The lowest BCUT2D eigenvalue weighted by Gasteiger charge is -2.10. The van der Waals surface area contributed by atoms with Crippen LogP contribution in [0, 0.1) is 18.6 Å². The van der Waals surface area contributed by atoms with E-state index in [1.165, 1.54) is 6.07 Å². The molecule has 0 spiro atoms. The third kappa shape index (κ3) is 3.26. The fourth-order valence-electron chi connectivity index (χ4n) is 2.77. The molecule has 2 aromatic carbocycles. The molecule has 0 bridgehead atoms. The molecule has 6 nitrogen and oxygen atoms in total. The zero-order valence-corrected chi connectivity index (χ0v) is 14.8. The van der Waals surface area contributed by atoms with Gasteiger partial charge in [-0.05, 0) is 31.2 Å². The molecule has 0 aliphatic rings. The first-order chi connectivity index (χ1) is 12.9. The highest BCUT2D eigenvalue weighted by molar-refractivity contribution is 6.30. The molecule has 0 aliphatic carbocycles. The van der Waals surface area contributed by atoms with Crippen LogP contribution in [0.1, 0.15) is 5.82 Å². The average Bonchev–Trinajstić information content (AvgIpc) is 2.92. The second-order valence-corrected chi connectivity index (χ2v) is 6.29. The molecule has 0 saturated carbocycles. The number of imidazole rings is 1. The lowest BCUT2D eigenvalue weighted by Crippen LogP contribution is -2.07. The van der Waals surface area contributed by atoms with E-state index in [-0.39, 0.29) is 11.8 Å². The zero-order chi connectivity index (χ0) is 19.1. The number of aryl methyl sites for hydroxylation is 1. The molecule has 2 heterocycles. The van der Waals surface area contributed by atoms with Gasteiger partial charge in [0.25, 0.3) is 0 Å². The minimum absolute atomic E-state index is 0.209. The summed E-state index contributed by atoms with van der Waals surface area (Å²) >= 11 is 5.88. The summed E-state index contributed by atoms with van der Waals surface area (Å²) in [4.78, 5) is 12.9. The van der Waals surface area contributed by atoms with E-state index in [1.54, 1.807) is 35.8 Å². The minimum atomic E-state index is -0.967. The predicted octanol–water partition coefficient (Wildman–Crippen LogP) is 4.38. The van der Waals surface area contributed by atoms with Crippen molar-refractivity contribution in [1.82, 2.24) is 19.5 Å². The molecule has 0 radical (unpaired) electrons. The Bertz CT molecular complexity index is 1160. The van der Waals surface area contributed by atoms with E-state index in [1.807, 2.05) is 0 Å². The van der Waals surface area contributed by atoms with Crippen LogP contribution in [0.25, 0.3) is 16.9 Å². The van der Waals surface area contributed by atoms with Crippen LogP contribution >= 0.6 is 11.6 Å². The number of hydrogen-bond acceptors (Lipinski definition) is 5. The van der Waals surface area contributed by atoms with Gasteiger partial charge in [-0.15, -0.1) is 0 Å². The van der Waals surface area contributed by atoms with Gasteiger partial charge in [0, 0.05) is 28.9 Å². The molecule has 3 N–H and O–H groups in total. The summed E-state index contributed by atoms with van der Waals surface area (Å²) < 4.78 is 28.8. The highest BCUT2D eigenvalue weighted by atomic mass is 35.5. The van der Waals surface area contributed by atoms with Crippen molar-refractivity contribution in [3.63, 3.8) is 0 Å². The number of rotatable bonds is 3. The number of nitrogen functional groups attached to an aromatic ring is 1. The summed E-state index contributed by atoms with van der Waals surface area (Å²) in [6.07, 6.45) is 0. The van der Waals surface area contributed by atoms with Crippen LogP contribution in [0.15, 0.2) is 42.5 Å². The smallest absolute Gasteiger partial charge is 0.231 e. The monoisotopic (exact) mass is 386 g/mol. The van der Waals surface area contributed by atoms with Crippen LogP contribution in [0.3, 0.4) is 0 Å². The van der Waals surface area contributed by atoms with Crippen LogP contribution in [-0.2, 0) is 0 Å². The Kier molecular flexibility index (Phi) is 4.12. The standard InChI is InChI=1S/C18H13ClF2N6/c1-9-23-14-6-12(20)13(21)7-15(14)27(9)17-8-16(22)25-18(26-17)24-11-4-2-10(19)3-5-11/h2-8H,1H3,(H3,22,24,25,26). The first kappa shape index (κ1) is 17.2. The molecule has 0 unspecified atom stereocenters. The molecule has 136 valence electrons. The number of aromatic nitrogens is 4. The number of benzene rings is 2. The van der Waals surface area contributed by atoms with E-state index in [2.05, 4.69) is 20.3 Å². The predicted molar refractivity (Wildman–Crippen MR) is 100 cm³/mol. The summed E-state index contributed by atoms with van der Waals surface area (Å²) in [6, 6.07) is 10.6. The van der Waals surface area contributed by atoms with Crippen LogP contribution < -0.4 is 11.1 Å². The maximum Gasteiger partial charge on any atom is 0.231 e. The van der Waals surface area contributed by atoms with Crippen LogP contribution in [0.5, 0.6) is 0 Å². The molecular weight excluding hydrogens is 374 g/mol. The molecular formula is C18H13ClF2N6. The van der Waals surface area contributed by atoms with Crippen molar-refractivity contribution in [3.05, 3.63) is 64.9 Å². The topological polar surface area (TPSA) is 81.7 Å². The third-order valence-electron chi connectivity index (χ3n) is 3.93. The molecule has 4 aromatic rings. The number of nitrogens with two attached hydrogens (primary N) is 1. The largest absolute Gasteiger partial charge is 0.383 e. The van der Waals surface area contributed by atoms with Crippen LogP contribution in [0.2, 0.25) is 5.02 Å². The summed E-state index contributed by atoms with van der Waals surface area (Å²) in [7, 11) is 0. The first-order valence-corrected chi connectivity index (χ1v) is 8.30. The summed E-state index contributed by atoms with van der Waals surface area (Å²) in [6.45, 7) is 1.71. The van der Waals surface area contributed by atoms with Crippen molar-refractivity contribution >= 4 is 40.1 Å². The molecule has 9 heteroatoms. The van der Waals surface area contributed by atoms with Crippen molar-refractivity contribution in [2.45, 2.75) is 6.92 Å². The van der Waals surface area contributed by atoms with Crippen molar-refractivity contribution in [1.29, 1.82) is 0 Å². The molecule has 0 aliphatic heterocycles. The Morgan fingerprint density at radius 3 is 2.44 bits per heavy atom. The Morgan fingerprint density at radius 2 is 1.70 bits per heavy atom. The van der Waals surface area contributed by atoms with Crippen molar-refractivity contribution < 1.29 is 8.78 Å². The second-order valence-electron chi connectivity index (χ2n) is 5.86. The number of fused-ring (bicyclic) bond motifs is 1. The molecule has 0 saturated heterocycles. The Balaban J connectivity index is 1.81. The van der Waals surface area contributed by atoms with Crippen LogP contribution in [-0.4, -0.2) is 19.5 Å². The Labute approximate surface area is 157 Å². The molecule has 4 rings (SSSR count). The van der Waals surface area contributed by atoms with E-state index in [0.29, 0.717) is 27.7 Å². The van der Waals surface area contributed by atoms with E-state index >= 15 is 0 Å². The zero-order valence-electron chi connectivity index (χ0n) is 14.0. The van der Waals surface area contributed by atoms with Crippen LogP contribution in [0.4, 0.5) is 26.2 Å². The Morgan fingerprint density at radius 1 is 1.00 bits per heavy atom. The summed E-state index contributed by atoms with van der Waals surface area (Å²) in [5.41, 5.74) is 7.32. The fraction of sp³-hybridized carbons (Fsp3) is 0.0556. The first-order valence-electron chi connectivity index (χ1n) is 7.92. The van der Waals surface area contributed by atoms with Crippen molar-refractivity contribution in [2.24, 2.45) is 0 Å². The number of nitrogens with one attached hydrogen (secondary N) is 1. The average molecular weight is 387 g/mol. The van der Waals surface area contributed by atoms with E-state index in [4.69, 9.17) is 17.3 Å². The van der Waals surface area contributed by atoms with E-state index in [9.17, 15) is 8.78 Å². The molecule has 0 atom stereocenters. The molecule has 0 fully saturated rings. The van der Waals surface area contributed by atoms with Gasteiger partial charge in [-0.3, -0.25) is 4.57 Å². The van der Waals surface area contributed by atoms with Crippen molar-refractivity contribution in [2.75, 3.05) is 11.1 Å². The van der Waals surface area contributed by atoms with Gasteiger partial charge >= 0.3 is 0 Å². The lowest BCUT2D eigenvalue weighted by molar-refractivity contribution is 0.510. The third-order valence-corrected chi connectivity index (χ3v) is 4.18. The molecule has 2 aromatic heterocycles. The maximum absolute atomic E-state index is 13.7. The number of hydrogen-bond donors (Lipinski definition) is 2. The van der Waals surface area contributed by atoms with E-state index < -0.39 is 11.6 Å². The van der Waals surface area contributed by atoms with Gasteiger partial charge in [0.15, 0.2) is 11.6 Å². The highest BCUT2D eigenvalue weighted by Crippen LogP contribution is 2.25. The number of halogens is 3. The summed E-state index contributed by atoms with van der Waals surface area (Å²) in [5, 5.41) is 3.64. The Hall–Kier alpha value is -3.26. The van der Waals surface area contributed by atoms with Gasteiger partial charge in [0.2, 0.25) is 5.95 Å². The van der Waals surface area contributed by atoms with Gasteiger partial charge in [-0.2, -0.15) is 9.97 Å². The van der Waals surface area contributed by atoms with Gasteiger partial charge in [0.1, 0.15) is 17.5 Å². The SMILES string of the molecule is Cc1nc2cc(F)c(F)cc2n1-c1cc(N)nc(Nc2ccc(Cl)cc2)n1. The van der Waals surface area contributed by atoms with Crippen molar-refractivity contribution in [3.8, 4) is 5.82 Å². The number of anilines is 3. The molecule has 27 heavy (non-hydrogen) atoms. The summed E-state index contributed by atoms with van der Waals surface area (Å²) in [5.74, 6) is -0.586. The highest BCUT2D eigenvalue weighted by Gasteiger charge is 2.15. The van der Waals surface area contributed by atoms with E-state index in [0.717, 1.165) is 17.8 Å². The second kappa shape index (κ2) is 6.48. The molecule has 0 amide bonds. The lowest BCUT2D eigenvalue weighted by atomic mass is 10.3. The maximum atomic E-state index is 13.7.